The Morgan fingerprint density at radius 1 is 0.955 bits per heavy atom. The molecule has 0 aliphatic carbocycles. The molecule has 0 spiro atoms. The summed E-state index contributed by atoms with van der Waals surface area (Å²) in [6.45, 7) is 10.7. The molecule has 2 N–H and O–H groups in total. The van der Waals surface area contributed by atoms with E-state index in [9.17, 15) is 0 Å². The second-order valence-electron chi connectivity index (χ2n) is 5.76. The molecule has 0 bridgehead atoms. The van der Waals surface area contributed by atoms with Crippen molar-refractivity contribution in [1.82, 2.24) is 0 Å². The lowest BCUT2D eigenvalue weighted by atomic mass is 10.1. The number of benzene rings is 2. The fourth-order valence-electron chi connectivity index (χ4n) is 2.57. The summed E-state index contributed by atoms with van der Waals surface area (Å²) >= 11 is 0. The second-order valence-corrected chi connectivity index (χ2v) is 5.76. The van der Waals surface area contributed by atoms with Crippen LogP contribution >= 0.6 is 0 Å². The molecule has 0 atom stereocenters. The quantitative estimate of drug-likeness (QED) is 0.585. The normalized spacial score (nSPS) is 10.5. The van der Waals surface area contributed by atoms with E-state index in [4.69, 9.17) is 4.74 Å². The molecule has 0 saturated heterocycles. The zero-order valence-electron chi connectivity index (χ0n) is 13.6. The zero-order chi connectivity index (χ0) is 15.8. The highest BCUT2D eigenvalue weighted by molar-refractivity contribution is 5.28. The largest absolute Gasteiger partial charge is 0.493 e. The molecule has 0 radical (unpaired) electrons. The van der Waals surface area contributed by atoms with E-state index < -0.39 is 0 Å². The molecule has 0 amide bonds. The minimum atomic E-state index is 0.696. The van der Waals surface area contributed by atoms with Crippen LogP contribution in [0.5, 0.6) is 5.75 Å². The summed E-state index contributed by atoms with van der Waals surface area (Å²) in [7, 11) is 0. The van der Waals surface area contributed by atoms with Crippen LogP contribution in [0.2, 0.25) is 0 Å². The lowest BCUT2D eigenvalue weighted by Gasteiger charge is -2.07. The van der Waals surface area contributed by atoms with E-state index in [1.807, 2.05) is 18.2 Å². The van der Waals surface area contributed by atoms with Crippen LogP contribution in [0.25, 0.3) is 0 Å². The Morgan fingerprint density at radius 3 is 2.23 bits per heavy atom. The smallest absolute Gasteiger partial charge is 0.119 e. The molecule has 2 rings (SSSR count). The zero-order valence-corrected chi connectivity index (χ0v) is 13.6. The number of rotatable bonds is 8. The van der Waals surface area contributed by atoms with Crippen LogP contribution in [-0.2, 0) is 13.1 Å². The molecule has 116 valence electrons. The van der Waals surface area contributed by atoms with Gasteiger partial charge in [0.25, 0.3) is 0 Å². The molecule has 0 fully saturated rings. The van der Waals surface area contributed by atoms with Gasteiger partial charge in [0.1, 0.15) is 18.8 Å². The van der Waals surface area contributed by atoms with Gasteiger partial charge < -0.3 is 10.1 Å². The van der Waals surface area contributed by atoms with Gasteiger partial charge in [0.05, 0.1) is 6.61 Å². The van der Waals surface area contributed by atoms with Gasteiger partial charge in [-0.05, 0) is 44.5 Å². The third-order valence-corrected chi connectivity index (χ3v) is 3.56. The van der Waals surface area contributed by atoms with E-state index in [-0.39, 0.29) is 0 Å². The van der Waals surface area contributed by atoms with E-state index in [0.29, 0.717) is 6.61 Å². The Morgan fingerprint density at radius 2 is 1.59 bits per heavy atom. The van der Waals surface area contributed by atoms with Crippen LogP contribution in [0.3, 0.4) is 0 Å². The Bertz CT molecular complexity index is 581. The van der Waals surface area contributed by atoms with E-state index >= 15 is 0 Å². The summed E-state index contributed by atoms with van der Waals surface area (Å²) < 4.78 is 5.62. The highest BCUT2D eigenvalue weighted by Crippen LogP contribution is 2.12. The van der Waals surface area contributed by atoms with Crippen molar-refractivity contribution in [3.63, 3.8) is 0 Å². The summed E-state index contributed by atoms with van der Waals surface area (Å²) in [6.07, 6.45) is 2.75. The van der Waals surface area contributed by atoms with Gasteiger partial charge >= 0.3 is 0 Å². The topological polar surface area (TPSA) is 25.8 Å². The molecular formula is C20H26NO+. The van der Waals surface area contributed by atoms with Crippen LogP contribution in [0.15, 0.2) is 55.1 Å². The SMILES string of the molecule is C=CCCOc1ccc(C[NH2+]Cc2cc(C)cc(C)c2)cc1. The first-order valence-corrected chi connectivity index (χ1v) is 7.89. The standard InChI is InChI=1S/C20H25NO/c1-4-5-10-22-20-8-6-18(7-9-20)14-21-15-19-12-16(2)11-17(3)13-19/h4,6-9,11-13,21H,1,5,10,14-15H2,2-3H3/p+1. The van der Waals surface area contributed by atoms with Gasteiger partial charge in [-0.2, -0.15) is 0 Å². The first kappa shape index (κ1) is 16.3. The van der Waals surface area contributed by atoms with E-state index in [1.54, 1.807) is 0 Å². The van der Waals surface area contributed by atoms with Crippen molar-refractivity contribution in [2.75, 3.05) is 6.61 Å². The molecular weight excluding hydrogens is 270 g/mol. The summed E-state index contributed by atoms with van der Waals surface area (Å²) in [4.78, 5) is 0. The van der Waals surface area contributed by atoms with Gasteiger partial charge in [-0.15, -0.1) is 6.58 Å². The van der Waals surface area contributed by atoms with Crippen molar-refractivity contribution < 1.29 is 10.1 Å². The third-order valence-electron chi connectivity index (χ3n) is 3.56. The molecule has 2 aromatic carbocycles. The van der Waals surface area contributed by atoms with Crippen LogP contribution in [-0.4, -0.2) is 6.61 Å². The van der Waals surface area contributed by atoms with Gasteiger partial charge in [0.2, 0.25) is 0 Å². The molecule has 0 aliphatic rings. The first-order chi connectivity index (χ1) is 10.7. The number of aryl methyl sites for hydroxylation is 2. The van der Waals surface area contributed by atoms with Gasteiger partial charge in [-0.25, -0.2) is 0 Å². The molecule has 0 heterocycles. The number of nitrogens with two attached hydrogens (primary N) is 1. The van der Waals surface area contributed by atoms with Crippen molar-refractivity contribution in [2.45, 2.75) is 33.4 Å². The number of quaternary nitrogens is 1. The molecule has 0 unspecified atom stereocenters. The molecule has 0 saturated carbocycles. The minimum absolute atomic E-state index is 0.696. The van der Waals surface area contributed by atoms with Gasteiger partial charge in [0.15, 0.2) is 0 Å². The number of hydrogen-bond acceptors (Lipinski definition) is 1. The summed E-state index contributed by atoms with van der Waals surface area (Å²) in [5.41, 5.74) is 5.39. The van der Waals surface area contributed by atoms with Crippen molar-refractivity contribution in [2.24, 2.45) is 0 Å². The van der Waals surface area contributed by atoms with Crippen LogP contribution < -0.4 is 10.1 Å². The molecule has 2 aromatic rings. The van der Waals surface area contributed by atoms with E-state index in [1.165, 1.54) is 22.3 Å². The molecule has 2 heteroatoms. The first-order valence-electron chi connectivity index (χ1n) is 7.89. The summed E-state index contributed by atoms with van der Waals surface area (Å²) in [6, 6.07) is 15.1. The second kappa shape index (κ2) is 8.40. The summed E-state index contributed by atoms with van der Waals surface area (Å²) in [5.74, 6) is 0.930. The Hall–Kier alpha value is -2.06. The lowest BCUT2D eigenvalue weighted by molar-refractivity contribution is -0.686. The average molecular weight is 296 g/mol. The Balaban J connectivity index is 1.80. The maximum atomic E-state index is 5.62. The minimum Gasteiger partial charge on any atom is -0.493 e. The van der Waals surface area contributed by atoms with Crippen molar-refractivity contribution >= 4 is 0 Å². The van der Waals surface area contributed by atoms with Gasteiger partial charge in [-0.1, -0.05) is 35.4 Å². The van der Waals surface area contributed by atoms with Crippen molar-refractivity contribution in [1.29, 1.82) is 0 Å². The molecule has 0 aromatic heterocycles. The maximum absolute atomic E-state index is 5.62. The lowest BCUT2D eigenvalue weighted by Crippen LogP contribution is -2.80. The molecule has 2 nitrogen and oxygen atoms in total. The van der Waals surface area contributed by atoms with Crippen molar-refractivity contribution in [3.05, 3.63) is 77.4 Å². The van der Waals surface area contributed by atoms with Crippen LogP contribution in [0.1, 0.15) is 28.7 Å². The molecule has 0 aliphatic heterocycles. The van der Waals surface area contributed by atoms with Gasteiger partial charge in [-0.3, -0.25) is 0 Å². The number of ether oxygens (including phenoxy) is 1. The number of hydrogen-bond donors (Lipinski definition) is 1. The Kier molecular flexibility index (Phi) is 6.23. The van der Waals surface area contributed by atoms with Crippen LogP contribution in [0.4, 0.5) is 0 Å². The maximum Gasteiger partial charge on any atom is 0.119 e. The Labute approximate surface area is 133 Å². The highest BCUT2D eigenvalue weighted by Gasteiger charge is 2.00. The molecule has 22 heavy (non-hydrogen) atoms. The van der Waals surface area contributed by atoms with Gasteiger partial charge in [0, 0.05) is 11.1 Å². The van der Waals surface area contributed by atoms with E-state index in [2.05, 4.69) is 56.1 Å². The predicted molar refractivity (Wildman–Crippen MR) is 92.0 cm³/mol. The summed E-state index contributed by atoms with van der Waals surface area (Å²) in [5, 5.41) is 2.34. The highest BCUT2D eigenvalue weighted by atomic mass is 16.5. The fourth-order valence-corrected chi connectivity index (χ4v) is 2.57. The fraction of sp³-hybridized carbons (Fsp3) is 0.300. The average Bonchev–Trinajstić information content (AvgIpc) is 2.48. The predicted octanol–water partition coefficient (Wildman–Crippen LogP) is 3.52. The van der Waals surface area contributed by atoms with E-state index in [0.717, 1.165) is 25.3 Å². The van der Waals surface area contributed by atoms with Crippen molar-refractivity contribution in [3.8, 4) is 5.75 Å². The third kappa shape index (κ3) is 5.38. The van der Waals surface area contributed by atoms with Crippen LogP contribution in [0, 0.1) is 13.8 Å². The monoisotopic (exact) mass is 296 g/mol.